The van der Waals surface area contributed by atoms with Crippen LogP contribution in [-0.2, 0) is 11.3 Å². The van der Waals surface area contributed by atoms with Crippen LogP contribution in [0, 0.1) is 5.92 Å². The lowest BCUT2D eigenvalue weighted by Crippen LogP contribution is -2.19. The van der Waals surface area contributed by atoms with Gasteiger partial charge in [-0.15, -0.1) is 0 Å². The summed E-state index contributed by atoms with van der Waals surface area (Å²) in [6.07, 6.45) is 1.04. The van der Waals surface area contributed by atoms with Crippen LogP contribution in [0.2, 0.25) is 0 Å². The molecule has 0 radical (unpaired) electrons. The highest BCUT2D eigenvalue weighted by Crippen LogP contribution is 2.38. The fourth-order valence-corrected chi connectivity index (χ4v) is 2.85. The van der Waals surface area contributed by atoms with Gasteiger partial charge in [0.1, 0.15) is 6.10 Å². The predicted octanol–water partition coefficient (Wildman–Crippen LogP) is 3.37. The Hall–Kier alpha value is -0.780. The van der Waals surface area contributed by atoms with Gasteiger partial charge in [-0.05, 0) is 46.1 Å². The molecule has 118 valence electrons. The summed E-state index contributed by atoms with van der Waals surface area (Å²) in [5, 5.41) is 3.44. The number of hydrogen-bond acceptors (Lipinski definition) is 4. The van der Waals surface area contributed by atoms with Crippen molar-refractivity contribution in [2.24, 2.45) is 5.92 Å². The van der Waals surface area contributed by atoms with E-state index in [0.717, 1.165) is 42.1 Å². The molecule has 0 bridgehead atoms. The number of nitrogens with one attached hydrogen (secondary N) is 1. The van der Waals surface area contributed by atoms with E-state index in [4.69, 9.17) is 14.2 Å². The minimum atomic E-state index is 0.111. The second-order valence-corrected chi connectivity index (χ2v) is 6.59. The first-order chi connectivity index (χ1) is 10.1. The maximum absolute atomic E-state index is 6.01. The van der Waals surface area contributed by atoms with Crippen LogP contribution < -0.4 is 14.8 Å². The van der Waals surface area contributed by atoms with E-state index in [1.165, 1.54) is 5.56 Å². The van der Waals surface area contributed by atoms with E-state index >= 15 is 0 Å². The summed E-state index contributed by atoms with van der Waals surface area (Å²) in [5.41, 5.74) is 1.18. The topological polar surface area (TPSA) is 39.7 Å². The van der Waals surface area contributed by atoms with Crippen molar-refractivity contribution in [1.82, 2.24) is 5.32 Å². The predicted molar refractivity (Wildman–Crippen MR) is 87.1 cm³/mol. The lowest BCUT2D eigenvalue weighted by Gasteiger charge is -2.18. The monoisotopic (exact) mass is 357 g/mol. The van der Waals surface area contributed by atoms with Gasteiger partial charge in [0.25, 0.3) is 0 Å². The number of hydrogen-bond donors (Lipinski definition) is 1. The summed E-state index contributed by atoms with van der Waals surface area (Å²) in [6.45, 7) is 7.63. The third-order valence-corrected chi connectivity index (χ3v) is 3.93. The zero-order valence-electron chi connectivity index (χ0n) is 12.9. The van der Waals surface area contributed by atoms with Gasteiger partial charge in [0.15, 0.2) is 11.5 Å². The maximum atomic E-state index is 6.01. The van der Waals surface area contributed by atoms with Crippen molar-refractivity contribution in [1.29, 1.82) is 0 Å². The second kappa shape index (κ2) is 8.01. The zero-order valence-corrected chi connectivity index (χ0v) is 14.5. The molecule has 1 N–H and O–H groups in total. The molecule has 21 heavy (non-hydrogen) atoms. The fourth-order valence-electron chi connectivity index (χ4n) is 2.27. The molecular weight excluding hydrogens is 334 g/mol. The van der Waals surface area contributed by atoms with Gasteiger partial charge in [0.2, 0.25) is 0 Å². The average Bonchev–Trinajstić information content (AvgIpc) is 2.94. The summed E-state index contributed by atoms with van der Waals surface area (Å²) in [7, 11) is 1.67. The molecule has 0 aliphatic carbocycles. The van der Waals surface area contributed by atoms with Crippen LogP contribution >= 0.6 is 15.9 Å². The molecule has 5 heteroatoms. The first-order valence-electron chi connectivity index (χ1n) is 7.41. The van der Waals surface area contributed by atoms with Gasteiger partial charge in [0, 0.05) is 13.0 Å². The summed E-state index contributed by atoms with van der Waals surface area (Å²) in [5.74, 6) is 2.17. The highest BCUT2D eigenvalue weighted by molar-refractivity contribution is 9.10. The van der Waals surface area contributed by atoms with Crippen molar-refractivity contribution in [2.75, 3.05) is 26.9 Å². The highest BCUT2D eigenvalue weighted by Gasteiger charge is 2.21. The van der Waals surface area contributed by atoms with Gasteiger partial charge in [0.05, 0.1) is 24.8 Å². The second-order valence-electron chi connectivity index (χ2n) is 5.74. The van der Waals surface area contributed by atoms with Crippen molar-refractivity contribution in [2.45, 2.75) is 32.9 Å². The number of rotatable bonds is 7. The van der Waals surface area contributed by atoms with Crippen LogP contribution in [0.1, 0.15) is 25.8 Å². The maximum Gasteiger partial charge on any atom is 0.175 e. The van der Waals surface area contributed by atoms with Crippen molar-refractivity contribution in [3.63, 3.8) is 0 Å². The summed E-state index contributed by atoms with van der Waals surface area (Å²) >= 11 is 3.59. The number of methoxy groups -OCH3 is 1. The van der Waals surface area contributed by atoms with Gasteiger partial charge in [-0.2, -0.15) is 0 Å². The Morgan fingerprint density at radius 3 is 2.86 bits per heavy atom. The molecule has 0 saturated carbocycles. The largest absolute Gasteiger partial charge is 0.493 e. The van der Waals surface area contributed by atoms with Crippen LogP contribution in [0.5, 0.6) is 11.5 Å². The summed E-state index contributed by atoms with van der Waals surface area (Å²) in [6, 6.07) is 4.12. The van der Waals surface area contributed by atoms with Crippen LogP contribution in [0.25, 0.3) is 0 Å². The third-order valence-electron chi connectivity index (χ3n) is 3.34. The highest BCUT2D eigenvalue weighted by atomic mass is 79.9. The van der Waals surface area contributed by atoms with Gasteiger partial charge < -0.3 is 19.5 Å². The normalized spacial score (nSPS) is 18.2. The van der Waals surface area contributed by atoms with E-state index < -0.39 is 0 Å². The van der Waals surface area contributed by atoms with E-state index in [9.17, 15) is 0 Å². The molecule has 1 aromatic rings. The third kappa shape index (κ3) is 4.87. The molecule has 1 aliphatic rings. The molecule has 1 fully saturated rings. The van der Waals surface area contributed by atoms with Gasteiger partial charge in [-0.25, -0.2) is 0 Å². The number of halogens is 1. The number of ether oxygens (including phenoxy) is 3. The van der Waals surface area contributed by atoms with Gasteiger partial charge in [-0.1, -0.05) is 13.8 Å². The summed E-state index contributed by atoms with van der Waals surface area (Å²) < 4.78 is 17.8. The average molecular weight is 358 g/mol. The van der Waals surface area contributed by atoms with Crippen LogP contribution in [0.4, 0.5) is 0 Å². The van der Waals surface area contributed by atoms with Crippen molar-refractivity contribution >= 4 is 15.9 Å². The van der Waals surface area contributed by atoms with Gasteiger partial charge in [-0.3, -0.25) is 0 Å². The van der Waals surface area contributed by atoms with Crippen LogP contribution in [-0.4, -0.2) is 33.0 Å². The van der Waals surface area contributed by atoms with E-state index in [1.807, 2.05) is 6.07 Å². The van der Waals surface area contributed by atoms with Crippen molar-refractivity contribution in [3.8, 4) is 11.5 Å². The molecule has 0 amide bonds. The smallest absolute Gasteiger partial charge is 0.175 e. The lowest BCUT2D eigenvalue weighted by atomic mass is 10.1. The molecule has 4 nitrogen and oxygen atoms in total. The van der Waals surface area contributed by atoms with Crippen molar-refractivity contribution in [3.05, 3.63) is 22.2 Å². The Morgan fingerprint density at radius 2 is 2.24 bits per heavy atom. The SMILES string of the molecule is COc1cc(CNCC(C)C)cc(Br)c1OC1CCOC1. The molecule has 1 aromatic carbocycles. The van der Waals surface area contributed by atoms with Crippen molar-refractivity contribution < 1.29 is 14.2 Å². The van der Waals surface area contributed by atoms with E-state index in [-0.39, 0.29) is 6.10 Å². The quantitative estimate of drug-likeness (QED) is 0.811. The minimum absolute atomic E-state index is 0.111. The van der Waals surface area contributed by atoms with E-state index in [1.54, 1.807) is 7.11 Å². The molecule has 0 aromatic heterocycles. The molecule has 1 unspecified atom stereocenters. The molecule has 1 saturated heterocycles. The fraction of sp³-hybridized carbons (Fsp3) is 0.625. The Labute approximate surface area is 135 Å². The Kier molecular flexibility index (Phi) is 6.33. The standard InChI is InChI=1S/C16H24BrNO3/c1-11(2)8-18-9-12-6-14(17)16(15(7-12)19-3)21-13-4-5-20-10-13/h6-7,11,13,18H,4-5,8-10H2,1-3H3. The molecule has 1 atom stereocenters. The molecule has 1 heterocycles. The van der Waals surface area contributed by atoms with Crippen LogP contribution in [0.3, 0.4) is 0 Å². The zero-order chi connectivity index (χ0) is 15.2. The van der Waals surface area contributed by atoms with Gasteiger partial charge >= 0.3 is 0 Å². The number of benzene rings is 1. The Morgan fingerprint density at radius 1 is 1.43 bits per heavy atom. The molecule has 1 aliphatic heterocycles. The minimum Gasteiger partial charge on any atom is -0.493 e. The molecule has 2 rings (SSSR count). The first-order valence-corrected chi connectivity index (χ1v) is 8.21. The molecule has 0 spiro atoms. The van der Waals surface area contributed by atoms with Crippen LogP contribution in [0.15, 0.2) is 16.6 Å². The van der Waals surface area contributed by atoms with E-state index in [2.05, 4.69) is 41.2 Å². The van der Waals surface area contributed by atoms with E-state index in [0.29, 0.717) is 12.5 Å². The Balaban J connectivity index is 2.07. The summed E-state index contributed by atoms with van der Waals surface area (Å²) in [4.78, 5) is 0. The molecular formula is C16H24BrNO3. The lowest BCUT2D eigenvalue weighted by molar-refractivity contribution is 0.138. The first kappa shape index (κ1) is 16.6. The Bertz CT molecular complexity index is 459.